The Labute approximate surface area is 148 Å². The van der Waals surface area contributed by atoms with E-state index < -0.39 is 0 Å². The number of ether oxygens (including phenoxy) is 1. The minimum absolute atomic E-state index is 0.00788. The van der Waals surface area contributed by atoms with Gasteiger partial charge in [0.05, 0.1) is 23.0 Å². The molecule has 2 aliphatic rings. The van der Waals surface area contributed by atoms with Crippen LogP contribution in [-0.4, -0.2) is 36.1 Å². The van der Waals surface area contributed by atoms with Crippen LogP contribution >= 0.6 is 0 Å². The number of rotatable bonds is 4. The lowest BCUT2D eigenvalue weighted by molar-refractivity contribution is 0.0986. The van der Waals surface area contributed by atoms with Crippen molar-refractivity contribution in [3.63, 3.8) is 0 Å². The molecule has 25 heavy (non-hydrogen) atoms. The molecular weight excluding hydrogens is 314 g/mol. The first kappa shape index (κ1) is 15.9. The number of pyridine rings is 1. The third-order valence-corrected chi connectivity index (χ3v) is 4.62. The Morgan fingerprint density at radius 3 is 2.52 bits per heavy atom. The van der Waals surface area contributed by atoms with Crippen LogP contribution in [0.5, 0.6) is 5.88 Å². The van der Waals surface area contributed by atoms with Crippen LogP contribution in [0.15, 0.2) is 42.6 Å². The number of fused-ring (bicyclic) bond motifs is 1. The predicted molar refractivity (Wildman–Crippen MR) is 98.5 cm³/mol. The molecule has 0 unspecified atom stereocenters. The zero-order chi connectivity index (χ0) is 17.4. The number of para-hydroxylation sites is 2. The molecule has 0 spiro atoms. The van der Waals surface area contributed by atoms with Gasteiger partial charge in [-0.15, -0.1) is 0 Å². The van der Waals surface area contributed by atoms with Gasteiger partial charge in [0.25, 0.3) is 5.91 Å². The zero-order valence-electron chi connectivity index (χ0n) is 14.7. The van der Waals surface area contributed by atoms with Gasteiger partial charge in [0.1, 0.15) is 0 Å². The highest BCUT2D eigenvalue weighted by Gasteiger charge is 2.35. The lowest BCUT2D eigenvalue weighted by Crippen LogP contribution is -2.45. The highest BCUT2D eigenvalue weighted by molar-refractivity contribution is 6.08. The number of carbonyl (C=O) groups is 1. The van der Waals surface area contributed by atoms with Crippen LogP contribution in [0.25, 0.3) is 0 Å². The SMILES string of the molecule is CC(C)Oc1ccc(C(=O)N2CCN(C3CC3)c3ccccc32)cn1. The summed E-state index contributed by atoms with van der Waals surface area (Å²) < 4.78 is 5.56. The van der Waals surface area contributed by atoms with Crippen molar-refractivity contribution in [2.45, 2.75) is 38.8 Å². The molecule has 2 heterocycles. The maximum absolute atomic E-state index is 13.0. The molecular formula is C20H23N3O2. The zero-order valence-corrected chi connectivity index (χ0v) is 14.7. The van der Waals surface area contributed by atoms with E-state index >= 15 is 0 Å². The van der Waals surface area contributed by atoms with E-state index in [0.29, 0.717) is 24.0 Å². The molecule has 1 aliphatic carbocycles. The molecule has 0 N–H and O–H groups in total. The number of anilines is 2. The first-order valence-electron chi connectivity index (χ1n) is 8.94. The second-order valence-electron chi connectivity index (χ2n) is 6.92. The monoisotopic (exact) mass is 337 g/mol. The Morgan fingerprint density at radius 2 is 1.88 bits per heavy atom. The number of aromatic nitrogens is 1. The topological polar surface area (TPSA) is 45.7 Å². The van der Waals surface area contributed by atoms with Crippen LogP contribution in [0.3, 0.4) is 0 Å². The van der Waals surface area contributed by atoms with Crippen LogP contribution in [0.2, 0.25) is 0 Å². The maximum atomic E-state index is 13.0. The van der Waals surface area contributed by atoms with E-state index in [1.807, 2.05) is 36.9 Å². The van der Waals surface area contributed by atoms with Gasteiger partial charge in [0, 0.05) is 31.4 Å². The summed E-state index contributed by atoms with van der Waals surface area (Å²) in [6.07, 6.45) is 4.18. The number of amides is 1. The molecule has 0 bridgehead atoms. The van der Waals surface area contributed by atoms with E-state index in [1.165, 1.54) is 12.8 Å². The summed E-state index contributed by atoms with van der Waals surface area (Å²) in [7, 11) is 0. The molecule has 1 aliphatic heterocycles. The van der Waals surface area contributed by atoms with E-state index in [9.17, 15) is 4.79 Å². The fourth-order valence-electron chi connectivity index (χ4n) is 3.33. The van der Waals surface area contributed by atoms with Gasteiger partial charge < -0.3 is 14.5 Å². The molecule has 1 fully saturated rings. The molecule has 2 aromatic rings. The highest BCUT2D eigenvalue weighted by atomic mass is 16.5. The molecule has 1 saturated carbocycles. The van der Waals surface area contributed by atoms with Gasteiger partial charge in [0.15, 0.2) is 0 Å². The second-order valence-corrected chi connectivity index (χ2v) is 6.92. The normalized spacial score (nSPS) is 16.8. The minimum Gasteiger partial charge on any atom is -0.475 e. The van der Waals surface area contributed by atoms with Crippen molar-refractivity contribution in [2.75, 3.05) is 22.9 Å². The Balaban J connectivity index is 1.58. The first-order chi connectivity index (χ1) is 12.1. The van der Waals surface area contributed by atoms with Gasteiger partial charge in [-0.3, -0.25) is 4.79 Å². The summed E-state index contributed by atoms with van der Waals surface area (Å²) in [4.78, 5) is 21.6. The lowest BCUT2D eigenvalue weighted by atomic mass is 10.1. The molecule has 0 saturated heterocycles. The molecule has 1 aromatic carbocycles. The average Bonchev–Trinajstić information content (AvgIpc) is 3.45. The number of hydrogen-bond acceptors (Lipinski definition) is 4. The van der Waals surface area contributed by atoms with Crippen LogP contribution in [0.1, 0.15) is 37.0 Å². The Kier molecular flexibility index (Phi) is 4.07. The molecule has 1 amide bonds. The molecule has 5 nitrogen and oxygen atoms in total. The Bertz CT molecular complexity index is 769. The van der Waals surface area contributed by atoms with Crippen LogP contribution in [0.4, 0.5) is 11.4 Å². The van der Waals surface area contributed by atoms with Crippen molar-refractivity contribution < 1.29 is 9.53 Å². The third-order valence-electron chi connectivity index (χ3n) is 4.62. The number of nitrogens with zero attached hydrogens (tertiary/aromatic N) is 3. The van der Waals surface area contributed by atoms with E-state index in [0.717, 1.165) is 17.9 Å². The van der Waals surface area contributed by atoms with E-state index in [1.54, 1.807) is 18.3 Å². The van der Waals surface area contributed by atoms with Gasteiger partial charge in [-0.05, 0) is 44.9 Å². The largest absolute Gasteiger partial charge is 0.475 e. The smallest absolute Gasteiger partial charge is 0.259 e. The summed E-state index contributed by atoms with van der Waals surface area (Å²) in [5.41, 5.74) is 2.75. The van der Waals surface area contributed by atoms with Crippen LogP contribution < -0.4 is 14.5 Å². The van der Waals surface area contributed by atoms with Gasteiger partial charge in [-0.25, -0.2) is 4.98 Å². The fourth-order valence-corrected chi connectivity index (χ4v) is 3.33. The van der Waals surface area contributed by atoms with Crippen LogP contribution in [0, 0.1) is 0 Å². The van der Waals surface area contributed by atoms with Gasteiger partial charge in [0.2, 0.25) is 5.88 Å². The van der Waals surface area contributed by atoms with E-state index in [-0.39, 0.29) is 12.0 Å². The van der Waals surface area contributed by atoms with Crippen molar-refractivity contribution in [1.82, 2.24) is 4.98 Å². The molecule has 5 heteroatoms. The highest BCUT2D eigenvalue weighted by Crippen LogP contribution is 2.40. The second kappa shape index (κ2) is 6.39. The quantitative estimate of drug-likeness (QED) is 0.857. The first-order valence-corrected chi connectivity index (χ1v) is 8.94. The molecule has 0 radical (unpaired) electrons. The van der Waals surface area contributed by atoms with Crippen molar-refractivity contribution in [2.24, 2.45) is 0 Å². The third kappa shape index (κ3) is 3.18. The molecule has 0 atom stereocenters. The summed E-state index contributed by atoms with van der Waals surface area (Å²) in [5.74, 6) is 0.539. The summed E-state index contributed by atoms with van der Waals surface area (Å²) in [6, 6.07) is 12.4. The average molecular weight is 337 g/mol. The predicted octanol–water partition coefficient (Wildman–Crippen LogP) is 3.50. The molecule has 130 valence electrons. The summed E-state index contributed by atoms with van der Waals surface area (Å²) in [5, 5.41) is 0. The van der Waals surface area contributed by atoms with Gasteiger partial charge in [-0.2, -0.15) is 0 Å². The Hall–Kier alpha value is -2.56. The van der Waals surface area contributed by atoms with Crippen molar-refractivity contribution in [1.29, 1.82) is 0 Å². The lowest BCUT2D eigenvalue weighted by Gasteiger charge is -2.38. The van der Waals surface area contributed by atoms with Crippen LogP contribution in [-0.2, 0) is 0 Å². The van der Waals surface area contributed by atoms with Crippen molar-refractivity contribution in [3.8, 4) is 5.88 Å². The van der Waals surface area contributed by atoms with E-state index in [2.05, 4.69) is 16.0 Å². The van der Waals surface area contributed by atoms with Crippen molar-refractivity contribution >= 4 is 17.3 Å². The fraction of sp³-hybridized carbons (Fsp3) is 0.400. The Morgan fingerprint density at radius 1 is 1.12 bits per heavy atom. The minimum atomic E-state index is -0.00788. The molecule has 1 aromatic heterocycles. The summed E-state index contributed by atoms with van der Waals surface area (Å²) >= 11 is 0. The van der Waals surface area contributed by atoms with Gasteiger partial charge >= 0.3 is 0 Å². The number of benzene rings is 1. The van der Waals surface area contributed by atoms with E-state index in [4.69, 9.17) is 4.74 Å². The molecule has 4 rings (SSSR count). The number of carbonyl (C=O) groups excluding carboxylic acids is 1. The van der Waals surface area contributed by atoms with Gasteiger partial charge in [-0.1, -0.05) is 12.1 Å². The standard InChI is InChI=1S/C20H23N3O2/c1-14(2)25-19-10-7-15(13-21-19)20(24)23-12-11-22(16-8-9-16)17-5-3-4-6-18(17)23/h3-7,10,13-14,16H,8-9,11-12H2,1-2H3. The number of hydrogen-bond donors (Lipinski definition) is 0. The maximum Gasteiger partial charge on any atom is 0.259 e. The summed E-state index contributed by atoms with van der Waals surface area (Å²) in [6.45, 7) is 5.50. The van der Waals surface area contributed by atoms with Crippen molar-refractivity contribution in [3.05, 3.63) is 48.2 Å².